The van der Waals surface area contributed by atoms with Gasteiger partial charge in [-0.05, 0) is 18.5 Å². The number of aliphatic hydroxyl groups excluding tert-OH is 1. The summed E-state index contributed by atoms with van der Waals surface area (Å²) in [4.78, 5) is 7.50. The number of nitrogens with one attached hydrogen (secondary N) is 1. The zero-order valence-corrected chi connectivity index (χ0v) is 8.67. The first kappa shape index (κ1) is 12.1. The van der Waals surface area contributed by atoms with Crippen LogP contribution in [0.4, 0.5) is 14.6 Å². The van der Waals surface area contributed by atoms with Crippen LogP contribution < -0.4 is 5.32 Å². The molecule has 0 aliphatic carbocycles. The van der Waals surface area contributed by atoms with E-state index >= 15 is 0 Å². The van der Waals surface area contributed by atoms with E-state index in [4.69, 9.17) is 16.7 Å². The lowest BCUT2D eigenvalue weighted by molar-refractivity contribution is 0.00380. The smallest absolute Gasteiger partial charge is 0.265 e. The molecule has 84 valence electrons. The van der Waals surface area contributed by atoms with Gasteiger partial charge in [0, 0.05) is 18.3 Å². The fraction of sp³-hybridized carbons (Fsp3) is 0.500. The summed E-state index contributed by atoms with van der Waals surface area (Å²) >= 11 is 5.52. The van der Waals surface area contributed by atoms with Crippen molar-refractivity contribution in [1.82, 2.24) is 9.97 Å². The number of nitrogens with zero attached hydrogens (tertiary/aromatic N) is 2. The Bertz CT molecular complexity index is 338. The summed E-state index contributed by atoms with van der Waals surface area (Å²) < 4.78 is 23.9. The maximum atomic E-state index is 12.0. The summed E-state index contributed by atoms with van der Waals surface area (Å²) in [6, 6.07) is 0. The van der Waals surface area contributed by atoms with Gasteiger partial charge in [0.15, 0.2) is 0 Å². The molecule has 0 saturated carbocycles. The molecule has 1 aromatic heterocycles. The van der Waals surface area contributed by atoms with Gasteiger partial charge < -0.3 is 10.4 Å². The van der Waals surface area contributed by atoms with Crippen molar-refractivity contribution in [2.45, 2.75) is 19.5 Å². The molecule has 1 atom stereocenters. The van der Waals surface area contributed by atoms with E-state index < -0.39 is 12.5 Å². The Morgan fingerprint density at radius 1 is 1.60 bits per heavy atom. The Labute approximate surface area is 90.3 Å². The first-order valence-electron chi connectivity index (χ1n) is 4.20. The van der Waals surface area contributed by atoms with Gasteiger partial charge >= 0.3 is 0 Å². The summed E-state index contributed by atoms with van der Waals surface area (Å²) in [5.41, 5.74) is 0.667. The number of hydrogen-bond donors (Lipinski definition) is 2. The standard InChI is InChI=1S/C8H10ClF2N3O/c1-4-2-13-8(9)14-7(4)12-3-5(15)6(10)11/h2,5-6,15H,3H2,1H3,(H,12,13,14). The van der Waals surface area contributed by atoms with E-state index in [9.17, 15) is 8.78 Å². The first-order valence-corrected chi connectivity index (χ1v) is 4.57. The molecule has 1 unspecified atom stereocenters. The van der Waals surface area contributed by atoms with Crippen molar-refractivity contribution in [2.75, 3.05) is 11.9 Å². The van der Waals surface area contributed by atoms with E-state index in [1.807, 2.05) is 0 Å². The maximum absolute atomic E-state index is 12.0. The van der Waals surface area contributed by atoms with Crippen LogP contribution in [0, 0.1) is 6.92 Å². The Balaban J connectivity index is 2.61. The molecule has 1 heterocycles. The van der Waals surface area contributed by atoms with Crippen molar-refractivity contribution in [3.05, 3.63) is 17.0 Å². The van der Waals surface area contributed by atoms with Crippen molar-refractivity contribution < 1.29 is 13.9 Å². The molecule has 0 aromatic carbocycles. The highest BCUT2D eigenvalue weighted by Gasteiger charge is 2.16. The fourth-order valence-electron chi connectivity index (χ4n) is 0.890. The Morgan fingerprint density at radius 2 is 2.27 bits per heavy atom. The van der Waals surface area contributed by atoms with Gasteiger partial charge in [0.25, 0.3) is 6.43 Å². The third-order valence-electron chi connectivity index (χ3n) is 1.71. The average molecular weight is 238 g/mol. The van der Waals surface area contributed by atoms with Crippen LogP contribution in [-0.4, -0.2) is 34.1 Å². The summed E-state index contributed by atoms with van der Waals surface area (Å²) in [6.07, 6.45) is -3.04. The van der Waals surface area contributed by atoms with Gasteiger partial charge in [-0.25, -0.2) is 18.7 Å². The molecule has 0 spiro atoms. The lowest BCUT2D eigenvalue weighted by Crippen LogP contribution is -2.27. The SMILES string of the molecule is Cc1cnc(Cl)nc1NCC(O)C(F)F. The third-order valence-corrected chi connectivity index (χ3v) is 1.89. The highest BCUT2D eigenvalue weighted by molar-refractivity contribution is 6.28. The summed E-state index contributed by atoms with van der Waals surface area (Å²) in [6.45, 7) is 1.42. The van der Waals surface area contributed by atoms with Gasteiger partial charge in [-0.15, -0.1) is 0 Å². The second-order valence-corrected chi connectivity index (χ2v) is 3.29. The lowest BCUT2D eigenvalue weighted by atomic mass is 10.3. The molecule has 15 heavy (non-hydrogen) atoms. The number of anilines is 1. The van der Waals surface area contributed by atoms with Crippen molar-refractivity contribution in [3.63, 3.8) is 0 Å². The second kappa shape index (κ2) is 5.18. The van der Waals surface area contributed by atoms with Crippen LogP contribution in [0.15, 0.2) is 6.20 Å². The molecule has 7 heteroatoms. The molecular formula is C8H10ClF2N3O. The largest absolute Gasteiger partial charge is 0.385 e. The van der Waals surface area contributed by atoms with Crippen LogP contribution in [-0.2, 0) is 0 Å². The Hall–Kier alpha value is -1.01. The highest BCUT2D eigenvalue weighted by Crippen LogP contribution is 2.13. The van der Waals surface area contributed by atoms with Crippen LogP contribution in [0.2, 0.25) is 5.28 Å². The molecule has 0 fully saturated rings. The molecule has 0 aliphatic heterocycles. The molecule has 0 amide bonds. The van der Waals surface area contributed by atoms with Gasteiger partial charge in [-0.3, -0.25) is 0 Å². The van der Waals surface area contributed by atoms with Crippen LogP contribution in [0.25, 0.3) is 0 Å². The van der Waals surface area contributed by atoms with Crippen molar-refractivity contribution in [1.29, 1.82) is 0 Å². The van der Waals surface area contributed by atoms with Gasteiger partial charge in [-0.1, -0.05) is 0 Å². The minimum Gasteiger partial charge on any atom is -0.385 e. The van der Waals surface area contributed by atoms with E-state index in [-0.39, 0.29) is 11.8 Å². The molecule has 0 aliphatic rings. The molecule has 0 radical (unpaired) electrons. The van der Waals surface area contributed by atoms with Crippen LogP contribution in [0.1, 0.15) is 5.56 Å². The third kappa shape index (κ3) is 3.56. The molecule has 4 nitrogen and oxygen atoms in total. The number of aromatic nitrogens is 2. The van der Waals surface area contributed by atoms with Crippen molar-refractivity contribution >= 4 is 17.4 Å². The number of alkyl halides is 2. The quantitative estimate of drug-likeness (QED) is 0.779. The molecule has 1 rings (SSSR count). The fourth-order valence-corrected chi connectivity index (χ4v) is 1.02. The molecule has 1 aromatic rings. The lowest BCUT2D eigenvalue weighted by Gasteiger charge is -2.12. The Kier molecular flexibility index (Phi) is 4.16. The Morgan fingerprint density at radius 3 is 2.87 bits per heavy atom. The molecular weight excluding hydrogens is 228 g/mol. The predicted octanol–water partition coefficient (Wildman–Crippen LogP) is 1.48. The van der Waals surface area contributed by atoms with Gasteiger partial charge in [0.05, 0.1) is 0 Å². The second-order valence-electron chi connectivity index (χ2n) is 2.95. The van der Waals surface area contributed by atoms with Crippen LogP contribution >= 0.6 is 11.6 Å². The zero-order chi connectivity index (χ0) is 11.4. The summed E-state index contributed by atoms with van der Waals surface area (Å²) in [5, 5.41) is 11.5. The average Bonchev–Trinajstić information content (AvgIpc) is 2.18. The minimum absolute atomic E-state index is 0.0228. The summed E-state index contributed by atoms with van der Waals surface area (Å²) in [7, 11) is 0. The van der Waals surface area contributed by atoms with E-state index in [0.717, 1.165) is 0 Å². The predicted molar refractivity (Wildman–Crippen MR) is 52.3 cm³/mol. The van der Waals surface area contributed by atoms with Gasteiger partial charge in [0.1, 0.15) is 11.9 Å². The summed E-state index contributed by atoms with van der Waals surface area (Å²) in [5.74, 6) is 0.342. The van der Waals surface area contributed by atoms with Crippen molar-refractivity contribution in [2.24, 2.45) is 0 Å². The first-order chi connectivity index (χ1) is 7.00. The van der Waals surface area contributed by atoms with Gasteiger partial charge in [-0.2, -0.15) is 0 Å². The monoisotopic (exact) mass is 237 g/mol. The number of aliphatic hydroxyl groups is 1. The molecule has 2 N–H and O–H groups in total. The van der Waals surface area contributed by atoms with E-state index in [0.29, 0.717) is 11.4 Å². The molecule has 0 bridgehead atoms. The number of aryl methyl sites for hydroxylation is 1. The normalized spacial score (nSPS) is 12.9. The van der Waals surface area contributed by atoms with Crippen LogP contribution in [0.5, 0.6) is 0 Å². The molecule has 0 saturated heterocycles. The minimum atomic E-state index is -2.78. The highest BCUT2D eigenvalue weighted by atomic mass is 35.5. The maximum Gasteiger partial charge on any atom is 0.265 e. The van der Waals surface area contributed by atoms with E-state index in [1.54, 1.807) is 6.92 Å². The number of rotatable bonds is 4. The van der Waals surface area contributed by atoms with Crippen molar-refractivity contribution in [3.8, 4) is 0 Å². The zero-order valence-electron chi connectivity index (χ0n) is 7.91. The topological polar surface area (TPSA) is 58.0 Å². The number of hydrogen-bond acceptors (Lipinski definition) is 4. The van der Waals surface area contributed by atoms with E-state index in [2.05, 4.69) is 15.3 Å². The van der Waals surface area contributed by atoms with Crippen LogP contribution in [0.3, 0.4) is 0 Å². The van der Waals surface area contributed by atoms with Gasteiger partial charge in [0.2, 0.25) is 5.28 Å². The number of halogens is 3. The van der Waals surface area contributed by atoms with E-state index in [1.165, 1.54) is 6.20 Å².